The smallest absolute Gasteiger partial charge is 0.240 e. The molecule has 0 fully saturated rings. The summed E-state index contributed by atoms with van der Waals surface area (Å²) in [6.07, 6.45) is 2.14. The zero-order chi connectivity index (χ0) is 15.5. The Balaban J connectivity index is 1.87. The van der Waals surface area contributed by atoms with Crippen molar-refractivity contribution in [3.05, 3.63) is 65.2 Å². The van der Waals surface area contributed by atoms with E-state index in [1.165, 1.54) is 16.8 Å². The van der Waals surface area contributed by atoms with Gasteiger partial charge < -0.3 is 5.11 Å². The Bertz CT molecular complexity index is 659. The molecule has 1 aliphatic heterocycles. The van der Waals surface area contributed by atoms with Crippen molar-refractivity contribution in [1.82, 2.24) is 4.90 Å². The second-order valence-corrected chi connectivity index (χ2v) is 6.00. The van der Waals surface area contributed by atoms with E-state index in [2.05, 4.69) is 60.0 Å². The Labute approximate surface area is 132 Å². The highest BCUT2D eigenvalue weighted by Gasteiger charge is 2.29. The van der Waals surface area contributed by atoms with Crippen LogP contribution in [0.15, 0.2) is 48.5 Å². The summed E-state index contributed by atoms with van der Waals surface area (Å²) in [7, 11) is 0. The number of benzene rings is 2. The molecule has 3 heteroatoms. The average Bonchev–Trinajstić information content (AvgIpc) is 2.98. The predicted molar refractivity (Wildman–Crippen MR) is 89.7 cm³/mol. The molecular formula is C19H23N2O+. The van der Waals surface area contributed by atoms with E-state index in [1.807, 2.05) is 18.2 Å². The van der Waals surface area contributed by atoms with Gasteiger partial charge in [0, 0.05) is 0 Å². The van der Waals surface area contributed by atoms with E-state index < -0.39 is 0 Å². The Morgan fingerprint density at radius 3 is 2.41 bits per heavy atom. The summed E-state index contributed by atoms with van der Waals surface area (Å²) in [5.74, 6) is 0. The molecule has 0 amide bonds. The highest BCUT2D eigenvalue weighted by Crippen LogP contribution is 2.24. The number of hydrogen-bond donors (Lipinski definition) is 1. The summed E-state index contributed by atoms with van der Waals surface area (Å²) in [6, 6.07) is 16.9. The first kappa shape index (κ1) is 14.8. The Kier molecular flexibility index (Phi) is 4.25. The monoisotopic (exact) mass is 295 g/mol. The van der Waals surface area contributed by atoms with E-state index in [9.17, 15) is 5.11 Å². The van der Waals surface area contributed by atoms with Crippen molar-refractivity contribution in [2.24, 2.45) is 0 Å². The minimum Gasteiger partial charge on any atom is -0.392 e. The van der Waals surface area contributed by atoms with Crippen LogP contribution < -0.4 is 0 Å². The molecule has 0 saturated heterocycles. The third kappa shape index (κ3) is 3.04. The van der Waals surface area contributed by atoms with Gasteiger partial charge >= 0.3 is 0 Å². The fourth-order valence-electron chi connectivity index (χ4n) is 3.14. The molecule has 22 heavy (non-hydrogen) atoms. The molecule has 0 saturated carbocycles. The van der Waals surface area contributed by atoms with Crippen LogP contribution in [0.1, 0.15) is 22.7 Å². The zero-order valence-electron chi connectivity index (χ0n) is 13.2. The van der Waals surface area contributed by atoms with Crippen molar-refractivity contribution < 1.29 is 9.68 Å². The van der Waals surface area contributed by atoms with Gasteiger partial charge in [0.1, 0.15) is 24.8 Å². The molecule has 114 valence electrons. The Morgan fingerprint density at radius 1 is 1.09 bits per heavy atom. The molecule has 2 aromatic carbocycles. The summed E-state index contributed by atoms with van der Waals surface area (Å²) in [4.78, 5) is 2.23. The lowest BCUT2D eigenvalue weighted by Crippen LogP contribution is -2.28. The van der Waals surface area contributed by atoms with Gasteiger partial charge in [0.2, 0.25) is 6.34 Å². The summed E-state index contributed by atoms with van der Waals surface area (Å²) in [6.45, 7) is 6.26. The number of aryl methyl sites for hydroxylation is 2. The van der Waals surface area contributed by atoms with Gasteiger partial charge in [-0.1, -0.05) is 36.4 Å². The van der Waals surface area contributed by atoms with Gasteiger partial charge in [-0.05, 0) is 42.7 Å². The highest BCUT2D eigenvalue weighted by molar-refractivity contribution is 5.55. The lowest BCUT2D eigenvalue weighted by Gasteiger charge is -2.18. The molecule has 1 atom stereocenters. The van der Waals surface area contributed by atoms with E-state index in [1.54, 1.807) is 0 Å². The van der Waals surface area contributed by atoms with Gasteiger partial charge in [0.05, 0.1) is 6.61 Å². The molecule has 0 spiro atoms. The van der Waals surface area contributed by atoms with Crippen LogP contribution in [0.5, 0.6) is 0 Å². The first-order chi connectivity index (χ1) is 10.7. The number of hydrogen-bond acceptors (Lipinski definition) is 2. The lowest BCUT2D eigenvalue weighted by molar-refractivity contribution is -0.424. The van der Waals surface area contributed by atoms with Gasteiger partial charge in [-0.2, -0.15) is 0 Å². The van der Waals surface area contributed by atoms with Crippen molar-refractivity contribution in [3.63, 3.8) is 0 Å². The first-order valence-electron chi connectivity index (χ1n) is 7.79. The molecule has 3 rings (SSSR count). The standard InChI is InChI=1S/C19H23N2O/c1-15-10-16(2)12-18(11-15)20-8-9-21(14-20)19(13-22)17-6-4-3-5-7-17/h3-7,10-12,14,19,22H,8-9,13H2,1-2H3/q+1/t19-/m0/s1. The van der Waals surface area contributed by atoms with Crippen LogP contribution in [0.25, 0.3) is 0 Å². The lowest BCUT2D eigenvalue weighted by atomic mass is 10.1. The molecule has 0 aliphatic carbocycles. The van der Waals surface area contributed by atoms with Crippen LogP contribution in [0, 0.1) is 13.8 Å². The van der Waals surface area contributed by atoms with Gasteiger partial charge in [0.15, 0.2) is 0 Å². The van der Waals surface area contributed by atoms with E-state index in [-0.39, 0.29) is 12.6 Å². The molecular weight excluding hydrogens is 272 g/mol. The van der Waals surface area contributed by atoms with E-state index in [4.69, 9.17) is 0 Å². The quantitative estimate of drug-likeness (QED) is 0.878. The summed E-state index contributed by atoms with van der Waals surface area (Å²) in [5.41, 5.74) is 4.94. The largest absolute Gasteiger partial charge is 0.392 e. The first-order valence-corrected chi connectivity index (χ1v) is 7.79. The van der Waals surface area contributed by atoms with Crippen LogP contribution in [0.3, 0.4) is 0 Å². The number of aliphatic hydroxyl groups excluding tert-OH is 1. The second kappa shape index (κ2) is 6.32. The van der Waals surface area contributed by atoms with Crippen molar-refractivity contribution in [2.75, 3.05) is 19.7 Å². The van der Waals surface area contributed by atoms with E-state index >= 15 is 0 Å². The third-order valence-electron chi connectivity index (χ3n) is 4.18. The maximum Gasteiger partial charge on any atom is 0.240 e. The molecule has 0 bridgehead atoms. The van der Waals surface area contributed by atoms with Crippen molar-refractivity contribution >= 4 is 12.0 Å². The summed E-state index contributed by atoms with van der Waals surface area (Å²) >= 11 is 0. The molecule has 0 aromatic heterocycles. The second-order valence-electron chi connectivity index (χ2n) is 6.00. The third-order valence-corrected chi connectivity index (χ3v) is 4.18. The number of rotatable bonds is 4. The molecule has 0 unspecified atom stereocenters. The highest BCUT2D eigenvalue weighted by atomic mass is 16.3. The number of nitrogens with zero attached hydrogens (tertiary/aromatic N) is 2. The minimum absolute atomic E-state index is 0.0251. The van der Waals surface area contributed by atoms with Gasteiger partial charge in [0.25, 0.3) is 0 Å². The van der Waals surface area contributed by atoms with E-state index in [0.717, 1.165) is 18.7 Å². The summed E-state index contributed by atoms with van der Waals surface area (Å²) in [5, 5.41) is 9.80. The van der Waals surface area contributed by atoms with Crippen molar-refractivity contribution in [2.45, 2.75) is 19.9 Å². The van der Waals surface area contributed by atoms with Crippen LogP contribution in [0.4, 0.5) is 5.69 Å². The fraction of sp³-hybridized carbons (Fsp3) is 0.316. The summed E-state index contributed by atoms with van der Waals surface area (Å²) < 4.78 is 2.27. The van der Waals surface area contributed by atoms with Crippen molar-refractivity contribution in [3.8, 4) is 0 Å². The SMILES string of the molecule is Cc1cc(C)cc([N+]2=CN([C@@H](CO)c3ccccc3)CC2)c1. The van der Waals surface area contributed by atoms with Gasteiger partial charge in [-0.3, -0.25) is 4.90 Å². The van der Waals surface area contributed by atoms with Crippen molar-refractivity contribution in [1.29, 1.82) is 0 Å². The predicted octanol–water partition coefficient (Wildman–Crippen LogP) is 3.02. The van der Waals surface area contributed by atoms with Gasteiger partial charge in [-0.15, -0.1) is 0 Å². The Morgan fingerprint density at radius 2 is 1.77 bits per heavy atom. The number of aliphatic hydroxyl groups is 1. The molecule has 0 radical (unpaired) electrons. The zero-order valence-corrected chi connectivity index (χ0v) is 13.2. The van der Waals surface area contributed by atoms with Crippen LogP contribution >= 0.6 is 0 Å². The van der Waals surface area contributed by atoms with Crippen LogP contribution in [-0.2, 0) is 0 Å². The molecule has 1 heterocycles. The van der Waals surface area contributed by atoms with E-state index in [0.29, 0.717) is 0 Å². The molecule has 1 aliphatic rings. The van der Waals surface area contributed by atoms with Crippen LogP contribution in [0.2, 0.25) is 0 Å². The average molecular weight is 295 g/mol. The van der Waals surface area contributed by atoms with Crippen LogP contribution in [-0.4, -0.2) is 40.6 Å². The topological polar surface area (TPSA) is 26.5 Å². The normalized spacial score (nSPS) is 15.8. The minimum atomic E-state index is 0.0251. The molecule has 1 N–H and O–H groups in total. The Hall–Kier alpha value is -2.13. The van der Waals surface area contributed by atoms with Gasteiger partial charge in [-0.25, -0.2) is 4.58 Å². The maximum absolute atomic E-state index is 9.80. The molecule has 2 aromatic rings. The molecule has 3 nitrogen and oxygen atoms in total. The maximum atomic E-state index is 9.80. The fourth-order valence-corrected chi connectivity index (χ4v) is 3.14.